The van der Waals surface area contributed by atoms with E-state index < -0.39 is 13.9 Å². The summed E-state index contributed by atoms with van der Waals surface area (Å²) in [4.78, 5) is 21.8. The number of carbonyl (C=O) groups is 2. The lowest BCUT2D eigenvalue weighted by Gasteiger charge is -2.29. The van der Waals surface area contributed by atoms with Crippen LogP contribution < -0.4 is 15.9 Å². The Hall–Kier alpha value is -3.01. The highest BCUT2D eigenvalue weighted by atomic mass is 31.1. The molecule has 0 amide bonds. The normalized spacial score (nSPS) is 10.4. The van der Waals surface area contributed by atoms with Gasteiger partial charge in [-0.25, -0.2) is 0 Å². The third-order valence-electron chi connectivity index (χ3n) is 5.17. The Bertz CT molecular complexity index is 889. The van der Waals surface area contributed by atoms with Crippen LogP contribution in [0.25, 0.3) is 0 Å². The van der Waals surface area contributed by atoms with Crippen LogP contribution >= 0.6 is 7.92 Å². The Balaban J connectivity index is 0.000000333. The average Bonchev–Trinajstić information content (AvgIpc) is 2.83. The molecule has 0 saturated heterocycles. The Morgan fingerprint density at radius 2 is 1.03 bits per heavy atom. The molecule has 36 heavy (non-hydrogen) atoms. The zero-order valence-corrected chi connectivity index (χ0v) is 23.3. The van der Waals surface area contributed by atoms with E-state index in [1.54, 1.807) is 0 Å². The van der Waals surface area contributed by atoms with E-state index in [2.05, 4.69) is 124 Å². The van der Waals surface area contributed by atoms with E-state index in [0.717, 1.165) is 13.5 Å². The number of hydrogen-bond acceptors (Lipinski definition) is 4. The smallest absolute Gasteiger partial charge is 0.302 e. The zero-order chi connectivity index (χ0) is 26.9. The number of nitrogens with zero attached hydrogens (tertiary/aromatic N) is 1. The van der Waals surface area contributed by atoms with Crippen molar-refractivity contribution in [3.05, 3.63) is 91.0 Å². The van der Waals surface area contributed by atoms with E-state index in [-0.39, 0.29) is 5.97 Å². The Morgan fingerprint density at radius 3 is 1.28 bits per heavy atom. The first-order valence-corrected chi connectivity index (χ1v) is 13.7. The molecule has 3 aromatic rings. The average molecular weight is 511 g/mol. The van der Waals surface area contributed by atoms with Gasteiger partial charge in [0.1, 0.15) is 22.5 Å². The van der Waals surface area contributed by atoms with Crippen LogP contribution in [0.3, 0.4) is 0 Å². The summed E-state index contributed by atoms with van der Waals surface area (Å²) in [5.41, 5.74) is 0. The number of carboxylic acid groups (broad SMARTS) is 1. The quantitative estimate of drug-likeness (QED) is 0.344. The lowest BCUT2D eigenvalue weighted by Crippen LogP contribution is -2.39. The van der Waals surface area contributed by atoms with Crippen molar-refractivity contribution in [3.8, 4) is 0 Å². The molecule has 0 bridgehead atoms. The van der Waals surface area contributed by atoms with Gasteiger partial charge in [-0.1, -0.05) is 54.6 Å². The fourth-order valence-electron chi connectivity index (χ4n) is 3.72. The maximum atomic E-state index is 10.5. The second-order valence-electron chi connectivity index (χ2n) is 8.76. The number of carbonyl (C=O) groups excluding carboxylic acids is 1. The lowest BCUT2D eigenvalue weighted by molar-refractivity contribution is -0.141. The predicted octanol–water partition coefficient (Wildman–Crippen LogP) is 4.94. The van der Waals surface area contributed by atoms with Gasteiger partial charge in [-0.2, -0.15) is 0 Å². The Labute approximate surface area is 217 Å². The van der Waals surface area contributed by atoms with Crippen LogP contribution in [0, 0.1) is 0 Å². The Kier molecular flexibility index (Phi) is 15.0. The van der Waals surface area contributed by atoms with Gasteiger partial charge in [-0.3, -0.25) is 14.5 Å². The van der Waals surface area contributed by atoms with Gasteiger partial charge >= 0.3 is 5.97 Å². The molecule has 0 aromatic heterocycles. The summed E-state index contributed by atoms with van der Waals surface area (Å²) in [6, 6.07) is 33.5. The number of ether oxygens (including phenoxy) is 1. The van der Waals surface area contributed by atoms with Gasteiger partial charge in [0.2, 0.25) is 0 Å². The molecule has 0 saturated carbocycles. The van der Waals surface area contributed by atoms with Crippen LogP contribution in [0.5, 0.6) is 0 Å². The standard InChI is InChI=1S/C18H15P.C10H21NO2.C2H4O2/c1-4-10-16(11-5-1)19(17-12-6-2-7-13-17)18-14-8-3-9-15-18;1-8(2)11(9(3)4)6-7-13-10(5)12;1-2(3)4/h1-15H;8-9H,6-7H2,1-5H3;1H3,(H,3,4)/p+1. The van der Waals surface area contributed by atoms with Crippen LogP contribution in [0.4, 0.5) is 0 Å². The highest BCUT2D eigenvalue weighted by molar-refractivity contribution is 7.79. The predicted molar refractivity (Wildman–Crippen MR) is 153 cm³/mol. The van der Waals surface area contributed by atoms with Crippen molar-refractivity contribution in [2.75, 3.05) is 13.2 Å². The molecule has 3 aromatic carbocycles. The highest BCUT2D eigenvalue weighted by Gasteiger charge is 2.24. The van der Waals surface area contributed by atoms with Crippen LogP contribution in [-0.4, -0.2) is 47.2 Å². The molecular weight excluding hydrogens is 469 g/mol. The van der Waals surface area contributed by atoms with E-state index in [1.807, 2.05) is 0 Å². The van der Waals surface area contributed by atoms with Crippen molar-refractivity contribution in [2.45, 2.75) is 53.6 Å². The third-order valence-corrected chi connectivity index (χ3v) is 7.90. The minimum atomic E-state index is -0.877. The van der Waals surface area contributed by atoms with Crippen molar-refractivity contribution < 1.29 is 19.4 Å². The van der Waals surface area contributed by atoms with Crippen LogP contribution in [0.2, 0.25) is 0 Å². The van der Waals surface area contributed by atoms with Crippen molar-refractivity contribution in [1.29, 1.82) is 0 Å². The largest absolute Gasteiger partial charge is 0.481 e. The molecule has 0 spiro atoms. The maximum Gasteiger partial charge on any atom is 0.302 e. The van der Waals surface area contributed by atoms with Gasteiger partial charge in [0.05, 0.1) is 7.92 Å². The van der Waals surface area contributed by atoms with Crippen LogP contribution in [-0.2, 0) is 14.3 Å². The van der Waals surface area contributed by atoms with E-state index in [0.29, 0.717) is 18.7 Å². The third kappa shape index (κ3) is 12.6. The number of hydrogen-bond donors (Lipinski definition) is 1. The minimum Gasteiger partial charge on any atom is -0.481 e. The van der Waals surface area contributed by atoms with Gasteiger partial charge in [-0.05, 0) is 64.1 Å². The van der Waals surface area contributed by atoms with Gasteiger partial charge in [0.15, 0.2) is 0 Å². The van der Waals surface area contributed by atoms with Gasteiger partial charge < -0.3 is 9.84 Å². The number of aliphatic carboxylic acids is 1. The summed E-state index contributed by atoms with van der Waals surface area (Å²) < 4.78 is 4.89. The minimum absolute atomic E-state index is 0.201. The molecule has 3 rings (SSSR count). The van der Waals surface area contributed by atoms with Gasteiger partial charge in [0.25, 0.3) is 5.97 Å². The first kappa shape index (κ1) is 31.0. The summed E-state index contributed by atoms with van der Waals surface area (Å²) in [6.07, 6.45) is 0. The fourth-order valence-corrected chi connectivity index (χ4v) is 6.30. The molecule has 0 heterocycles. The van der Waals surface area contributed by atoms with Crippen LogP contribution in [0.1, 0.15) is 41.5 Å². The number of benzene rings is 3. The van der Waals surface area contributed by atoms with E-state index >= 15 is 0 Å². The first-order valence-electron chi connectivity index (χ1n) is 12.2. The Morgan fingerprint density at radius 1 is 0.722 bits per heavy atom. The summed E-state index contributed by atoms with van der Waals surface area (Å²) >= 11 is 0. The molecule has 5 nitrogen and oxygen atoms in total. The summed E-state index contributed by atoms with van der Waals surface area (Å²) in [6.45, 7) is 12.4. The molecule has 0 radical (unpaired) electrons. The molecule has 194 valence electrons. The summed E-state index contributed by atoms with van der Waals surface area (Å²) in [5.74, 6) is -1.03. The zero-order valence-electron chi connectivity index (χ0n) is 22.3. The van der Waals surface area contributed by atoms with E-state index in [9.17, 15) is 4.79 Å². The SMILES string of the molecule is CC(=O)O.CC(=O)OCCN(C(C)C)C(C)C.c1ccc([PH+](c2ccccc2)c2ccccc2)cc1. The van der Waals surface area contributed by atoms with Crippen LogP contribution in [0.15, 0.2) is 91.0 Å². The monoisotopic (exact) mass is 510 g/mol. The van der Waals surface area contributed by atoms with Crippen molar-refractivity contribution in [2.24, 2.45) is 0 Å². The highest BCUT2D eigenvalue weighted by Crippen LogP contribution is 2.32. The van der Waals surface area contributed by atoms with Gasteiger partial charge in [-0.15, -0.1) is 0 Å². The molecule has 0 fully saturated rings. The lowest BCUT2D eigenvalue weighted by atomic mass is 10.2. The van der Waals surface area contributed by atoms with Crippen molar-refractivity contribution >= 4 is 35.8 Å². The van der Waals surface area contributed by atoms with E-state index in [4.69, 9.17) is 14.6 Å². The second kappa shape index (κ2) is 17.4. The number of carboxylic acids is 1. The van der Waals surface area contributed by atoms with E-state index in [1.165, 1.54) is 22.8 Å². The molecule has 1 N–H and O–H groups in total. The molecule has 0 atom stereocenters. The molecular formula is C30H41NO4P+. The number of rotatable bonds is 8. The molecule has 0 aliphatic carbocycles. The van der Waals surface area contributed by atoms with Crippen molar-refractivity contribution in [1.82, 2.24) is 4.90 Å². The van der Waals surface area contributed by atoms with Crippen molar-refractivity contribution in [3.63, 3.8) is 0 Å². The molecule has 0 aliphatic heterocycles. The maximum absolute atomic E-state index is 10.5. The first-order chi connectivity index (χ1) is 17.1. The molecule has 6 heteroatoms. The summed E-state index contributed by atoms with van der Waals surface area (Å²) in [7, 11) is -0.877. The molecule has 0 unspecified atom stereocenters. The molecule has 0 aliphatic rings. The van der Waals surface area contributed by atoms with Gasteiger partial charge in [0, 0.05) is 32.5 Å². The summed E-state index contributed by atoms with van der Waals surface area (Å²) in [5, 5.41) is 11.7. The number of esters is 1. The second-order valence-corrected chi connectivity index (χ2v) is 11.2. The topological polar surface area (TPSA) is 66.8 Å². The fraction of sp³-hybridized carbons (Fsp3) is 0.333.